The second-order valence-corrected chi connectivity index (χ2v) is 4.99. The van der Waals surface area contributed by atoms with Gasteiger partial charge in [-0.1, -0.05) is 36.8 Å². The fraction of sp³-hybridized carbons (Fsp3) is 0.467. The molecular weight excluding hydrogens is 258 g/mol. The van der Waals surface area contributed by atoms with Gasteiger partial charge < -0.3 is 15.2 Å². The summed E-state index contributed by atoms with van der Waals surface area (Å²) in [5.74, 6) is -0.883. The predicted octanol–water partition coefficient (Wildman–Crippen LogP) is 1.18. The first-order valence-corrected chi connectivity index (χ1v) is 6.74. The second-order valence-electron chi connectivity index (χ2n) is 4.99. The van der Waals surface area contributed by atoms with E-state index in [1.807, 2.05) is 6.07 Å². The van der Waals surface area contributed by atoms with Gasteiger partial charge in [-0.3, -0.25) is 4.79 Å². The lowest BCUT2D eigenvalue weighted by Gasteiger charge is -2.29. The van der Waals surface area contributed by atoms with Crippen molar-refractivity contribution in [2.75, 3.05) is 7.11 Å². The summed E-state index contributed by atoms with van der Waals surface area (Å²) in [6.45, 7) is 0. The lowest BCUT2D eigenvalue weighted by atomic mass is 9.84. The predicted molar refractivity (Wildman–Crippen MR) is 72.7 cm³/mol. The molecule has 0 aromatic heterocycles. The van der Waals surface area contributed by atoms with E-state index < -0.39 is 18.1 Å². The molecule has 1 amide bonds. The number of carbonyl (C=O) groups excluding carboxylic acids is 2. The molecule has 20 heavy (non-hydrogen) atoms. The van der Waals surface area contributed by atoms with Gasteiger partial charge in [-0.15, -0.1) is 0 Å². The van der Waals surface area contributed by atoms with Crippen molar-refractivity contribution in [2.24, 2.45) is 5.92 Å². The summed E-state index contributed by atoms with van der Waals surface area (Å²) in [6, 6.07) is 8.16. The van der Waals surface area contributed by atoms with E-state index in [4.69, 9.17) is 0 Å². The highest BCUT2D eigenvalue weighted by atomic mass is 16.5. The molecule has 2 N–H and O–H groups in total. The van der Waals surface area contributed by atoms with Crippen LogP contribution in [0, 0.1) is 5.92 Å². The molecule has 0 radical (unpaired) electrons. The largest absolute Gasteiger partial charge is 0.467 e. The van der Waals surface area contributed by atoms with Gasteiger partial charge in [0.05, 0.1) is 13.2 Å². The molecule has 0 bridgehead atoms. The average Bonchev–Trinajstić information content (AvgIpc) is 2.42. The Kier molecular flexibility index (Phi) is 4.74. The van der Waals surface area contributed by atoms with Crippen LogP contribution in [0.15, 0.2) is 30.3 Å². The second kappa shape index (κ2) is 6.52. The molecule has 1 aliphatic rings. The van der Waals surface area contributed by atoms with E-state index in [1.165, 1.54) is 7.11 Å². The molecule has 1 saturated carbocycles. The quantitative estimate of drug-likeness (QED) is 0.792. The number of carbonyl (C=O) groups is 2. The van der Waals surface area contributed by atoms with Crippen molar-refractivity contribution in [1.29, 1.82) is 0 Å². The van der Waals surface area contributed by atoms with Crippen molar-refractivity contribution in [3.63, 3.8) is 0 Å². The Morgan fingerprint density at radius 1 is 1.30 bits per heavy atom. The molecule has 0 aliphatic heterocycles. The molecule has 1 aromatic rings. The molecule has 5 heteroatoms. The number of methoxy groups -OCH3 is 1. The maximum atomic E-state index is 12.1. The number of amides is 1. The Hall–Kier alpha value is -1.88. The third-order valence-electron chi connectivity index (χ3n) is 3.69. The van der Waals surface area contributed by atoms with E-state index in [9.17, 15) is 14.7 Å². The van der Waals surface area contributed by atoms with Gasteiger partial charge in [0.25, 0.3) is 0 Å². The normalized spacial score (nSPS) is 17.7. The molecule has 1 fully saturated rings. The number of rotatable bonds is 5. The SMILES string of the molecule is COC(=O)C(O)C(NC(=O)C1CCC1)c1ccccc1. The van der Waals surface area contributed by atoms with Crippen molar-refractivity contribution < 1.29 is 19.4 Å². The highest BCUT2D eigenvalue weighted by molar-refractivity contribution is 5.82. The van der Waals surface area contributed by atoms with E-state index in [1.54, 1.807) is 24.3 Å². The number of benzene rings is 1. The van der Waals surface area contributed by atoms with Crippen LogP contribution < -0.4 is 5.32 Å². The zero-order valence-corrected chi connectivity index (χ0v) is 11.4. The Bertz CT molecular complexity index is 470. The first kappa shape index (κ1) is 14.5. The fourth-order valence-corrected chi connectivity index (χ4v) is 2.20. The number of hydrogen-bond acceptors (Lipinski definition) is 4. The summed E-state index contributed by atoms with van der Waals surface area (Å²) in [6.07, 6.45) is 1.36. The minimum atomic E-state index is -1.41. The van der Waals surface area contributed by atoms with Crippen LogP contribution in [0.1, 0.15) is 30.9 Å². The molecule has 2 rings (SSSR count). The zero-order chi connectivity index (χ0) is 14.5. The van der Waals surface area contributed by atoms with Crippen LogP contribution >= 0.6 is 0 Å². The minimum absolute atomic E-state index is 0.00828. The lowest BCUT2D eigenvalue weighted by molar-refractivity contribution is -0.152. The molecular formula is C15H19NO4. The highest BCUT2D eigenvalue weighted by Gasteiger charge is 2.33. The van der Waals surface area contributed by atoms with Gasteiger partial charge in [-0.2, -0.15) is 0 Å². The molecule has 0 saturated heterocycles. The van der Waals surface area contributed by atoms with Gasteiger partial charge in [-0.25, -0.2) is 4.79 Å². The van der Waals surface area contributed by atoms with Crippen molar-refractivity contribution in [3.8, 4) is 0 Å². The van der Waals surface area contributed by atoms with Crippen molar-refractivity contribution in [2.45, 2.75) is 31.4 Å². The average molecular weight is 277 g/mol. The summed E-state index contributed by atoms with van der Waals surface area (Å²) in [5, 5.41) is 12.8. The van der Waals surface area contributed by atoms with Crippen LogP contribution in [0.4, 0.5) is 0 Å². The summed E-state index contributed by atoms with van der Waals surface area (Å²) in [7, 11) is 1.21. The van der Waals surface area contributed by atoms with Crippen LogP contribution in [0.5, 0.6) is 0 Å². The number of ether oxygens (including phenoxy) is 1. The Labute approximate surface area is 117 Å². The molecule has 0 heterocycles. The van der Waals surface area contributed by atoms with Crippen molar-refractivity contribution >= 4 is 11.9 Å². The van der Waals surface area contributed by atoms with E-state index >= 15 is 0 Å². The van der Waals surface area contributed by atoms with Crippen LogP contribution in [0.25, 0.3) is 0 Å². The fourth-order valence-electron chi connectivity index (χ4n) is 2.20. The monoisotopic (exact) mass is 277 g/mol. The van der Waals surface area contributed by atoms with Crippen LogP contribution in [0.3, 0.4) is 0 Å². The number of nitrogens with one attached hydrogen (secondary N) is 1. The van der Waals surface area contributed by atoms with Crippen LogP contribution in [-0.4, -0.2) is 30.2 Å². The highest BCUT2D eigenvalue weighted by Crippen LogP contribution is 2.28. The minimum Gasteiger partial charge on any atom is -0.467 e. The van der Waals surface area contributed by atoms with Gasteiger partial charge in [-0.05, 0) is 18.4 Å². The van der Waals surface area contributed by atoms with Crippen molar-refractivity contribution in [1.82, 2.24) is 5.32 Å². The van der Waals surface area contributed by atoms with Gasteiger partial charge in [0, 0.05) is 5.92 Å². The number of aliphatic hydroxyl groups is 1. The molecule has 0 spiro atoms. The first-order valence-electron chi connectivity index (χ1n) is 6.74. The summed E-state index contributed by atoms with van der Waals surface area (Å²) >= 11 is 0. The lowest BCUT2D eigenvalue weighted by Crippen LogP contribution is -2.44. The Morgan fingerprint density at radius 3 is 2.45 bits per heavy atom. The first-order chi connectivity index (χ1) is 9.63. The Balaban J connectivity index is 2.15. The zero-order valence-electron chi connectivity index (χ0n) is 11.4. The molecule has 1 aromatic carbocycles. The number of aliphatic hydroxyl groups excluding tert-OH is 1. The van der Waals surface area contributed by atoms with Crippen LogP contribution in [-0.2, 0) is 14.3 Å². The summed E-state index contributed by atoms with van der Waals surface area (Å²) in [4.78, 5) is 23.6. The maximum absolute atomic E-state index is 12.1. The van der Waals surface area contributed by atoms with E-state index in [0.717, 1.165) is 19.3 Å². The number of esters is 1. The van der Waals surface area contributed by atoms with Gasteiger partial charge in [0.2, 0.25) is 5.91 Å². The van der Waals surface area contributed by atoms with Crippen LogP contribution in [0.2, 0.25) is 0 Å². The van der Waals surface area contributed by atoms with Gasteiger partial charge >= 0.3 is 5.97 Å². The summed E-state index contributed by atoms with van der Waals surface area (Å²) < 4.78 is 4.56. The Morgan fingerprint density at radius 2 is 1.95 bits per heavy atom. The van der Waals surface area contributed by atoms with E-state index in [2.05, 4.69) is 10.1 Å². The third kappa shape index (κ3) is 3.17. The van der Waals surface area contributed by atoms with E-state index in [-0.39, 0.29) is 11.8 Å². The molecule has 2 atom stereocenters. The van der Waals surface area contributed by atoms with Gasteiger partial charge in [0.15, 0.2) is 6.10 Å². The maximum Gasteiger partial charge on any atom is 0.337 e. The molecule has 1 aliphatic carbocycles. The summed E-state index contributed by atoms with van der Waals surface area (Å²) in [5.41, 5.74) is 0.679. The van der Waals surface area contributed by atoms with Crippen molar-refractivity contribution in [3.05, 3.63) is 35.9 Å². The molecule has 2 unspecified atom stereocenters. The number of hydrogen-bond donors (Lipinski definition) is 2. The smallest absolute Gasteiger partial charge is 0.337 e. The van der Waals surface area contributed by atoms with E-state index in [0.29, 0.717) is 5.56 Å². The molecule has 5 nitrogen and oxygen atoms in total. The topological polar surface area (TPSA) is 75.6 Å². The van der Waals surface area contributed by atoms with Gasteiger partial charge in [0.1, 0.15) is 0 Å². The standard InChI is InChI=1S/C15H19NO4/c1-20-15(19)13(17)12(10-6-3-2-4-7-10)16-14(18)11-8-5-9-11/h2-4,6-7,11-13,17H,5,8-9H2,1H3,(H,16,18). The molecule has 108 valence electrons. The third-order valence-corrected chi connectivity index (χ3v) is 3.69.